The first-order valence-corrected chi connectivity index (χ1v) is 12.6. The summed E-state index contributed by atoms with van der Waals surface area (Å²) in [5.74, 6) is 0. The van der Waals surface area contributed by atoms with Gasteiger partial charge in [0.1, 0.15) is 0 Å². The molecule has 0 bridgehead atoms. The van der Waals surface area contributed by atoms with Crippen LogP contribution >= 0.6 is 0 Å². The fraction of sp³-hybridized carbons (Fsp3) is 0.440. The molecule has 3 heteroatoms. The van der Waals surface area contributed by atoms with Crippen LogP contribution in [0.1, 0.15) is 58.3 Å². The lowest BCUT2D eigenvalue weighted by molar-refractivity contribution is 0.190. The van der Waals surface area contributed by atoms with E-state index in [0.29, 0.717) is 6.61 Å². The topological polar surface area (TPSA) is 18.5 Å². The van der Waals surface area contributed by atoms with E-state index in [-0.39, 0.29) is 0 Å². The molecule has 0 aliphatic rings. The van der Waals surface area contributed by atoms with Crippen LogP contribution < -0.4 is 10.4 Å². The molecule has 0 amide bonds. The summed E-state index contributed by atoms with van der Waals surface area (Å²) in [5, 5.41) is 2.35. The van der Waals surface area contributed by atoms with Crippen LogP contribution in [0.15, 0.2) is 73.3 Å². The average molecular weight is 397 g/mol. The Hall–Kier alpha value is -1.68. The van der Waals surface area contributed by atoms with Crippen molar-refractivity contribution in [1.82, 2.24) is 0 Å². The van der Waals surface area contributed by atoms with Crippen LogP contribution in [0.25, 0.3) is 0 Å². The molecule has 2 aromatic carbocycles. The monoisotopic (exact) mass is 396 g/mol. The Labute approximate surface area is 172 Å². The lowest BCUT2D eigenvalue weighted by atomic mass is 10.1. The van der Waals surface area contributed by atoms with Gasteiger partial charge in [-0.2, -0.15) is 0 Å². The van der Waals surface area contributed by atoms with Crippen molar-refractivity contribution < 1.29 is 8.85 Å². The van der Waals surface area contributed by atoms with Crippen LogP contribution in [0.2, 0.25) is 0 Å². The van der Waals surface area contributed by atoms with Crippen LogP contribution in [0.4, 0.5) is 0 Å². The molecule has 0 saturated heterocycles. The van der Waals surface area contributed by atoms with Gasteiger partial charge in [0.05, 0.1) is 0 Å². The third kappa shape index (κ3) is 7.05. The molecule has 0 unspecified atom stereocenters. The quantitative estimate of drug-likeness (QED) is 0.221. The van der Waals surface area contributed by atoms with Gasteiger partial charge in [0, 0.05) is 13.2 Å². The lowest BCUT2D eigenvalue weighted by Gasteiger charge is -2.31. The van der Waals surface area contributed by atoms with E-state index in [1.165, 1.54) is 48.9 Å². The molecular weight excluding hydrogens is 360 g/mol. The van der Waals surface area contributed by atoms with Crippen molar-refractivity contribution in [3.8, 4) is 0 Å². The predicted molar refractivity (Wildman–Crippen MR) is 123 cm³/mol. The van der Waals surface area contributed by atoms with Gasteiger partial charge in [-0.25, -0.2) is 0 Å². The molecule has 0 aliphatic carbocycles. The average Bonchev–Trinajstić information content (AvgIpc) is 2.76. The molecule has 28 heavy (non-hydrogen) atoms. The highest BCUT2D eigenvalue weighted by atomic mass is 28.4. The van der Waals surface area contributed by atoms with E-state index in [4.69, 9.17) is 8.85 Å². The zero-order valence-corrected chi connectivity index (χ0v) is 18.4. The minimum atomic E-state index is -2.71. The van der Waals surface area contributed by atoms with E-state index in [1.54, 1.807) is 0 Å². The number of hydrogen-bond donors (Lipinski definition) is 0. The summed E-state index contributed by atoms with van der Waals surface area (Å²) in [6.07, 6.45) is 11.7. The molecular formula is C25H36O2Si. The molecule has 2 nitrogen and oxygen atoms in total. The van der Waals surface area contributed by atoms with Crippen LogP contribution in [0, 0.1) is 0 Å². The van der Waals surface area contributed by atoms with Gasteiger partial charge in [-0.1, -0.05) is 112 Å². The molecule has 0 aromatic heterocycles. The molecule has 2 aromatic rings. The van der Waals surface area contributed by atoms with Crippen molar-refractivity contribution in [3.63, 3.8) is 0 Å². The van der Waals surface area contributed by atoms with E-state index in [0.717, 1.165) is 19.4 Å². The maximum atomic E-state index is 6.66. The molecule has 0 N–H and O–H groups in total. The first kappa shape index (κ1) is 22.6. The van der Waals surface area contributed by atoms with E-state index >= 15 is 0 Å². The first-order chi connectivity index (χ1) is 13.8. The minimum absolute atomic E-state index is 0.635. The van der Waals surface area contributed by atoms with Crippen molar-refractivity contribution in [3.05, 3.63) is 73.3 Å². The van der Waals surface area contributed by atoms with Crippen LogP contribution in [0.3, 0.4) is 0 Å². The second-order valence-electron chi connectivity index (χ2n) is 7.24. The molecule has 152 valence electrons. The molecule has 0 saturated carbocycles. The largest absolute Gasteiger partial charge is 0.407 e. The second kappa shape index (κ2) is 13.5. The highest BCUT2D eigenvalue weighted by Gasteiger charge is 2.42. The van der Waals surface area contributed by atoms with Gasteiger partial charge in [0.2, 0.25) is 0 Å². The zero-order chi connectivity index (χ0) is 19.9. The number of rotatable bonds is 15. The Balaban J connectivity index is 2.09. The van der Waals surface area contributed by atoms with Crippen molar-refractivity contribution in [2.75, 3.05) is 13.2 Å². The van der Waals surface area contributed by atoms with Gasteiger partial charge in [-0.15, -0.1) is 6.58 Å². The van der Waals surface area contributed by atoms with Gasteiger partial charge < -0.3 is 8.85 Å². The van der Waals surface area contributed by atoms with Gasteiger partial charge in [0.25, 0.3) is 0 Å². The minimum Gasteiger partial charge on any atom is -0.388 e. The maximum Gasteiger partial charge on any atom is 0.407 e. The second-order valence-corrected chi connectivity index (χ2v) is 10.2. The highest BCUT2D eigenvalue weighted by Crippen LogP contribution is 2.13. The van der Waals surface area contributed by atoms with Crippen molar-refractivity contribution in [1.29, 1.82) is 0 Å². The van der Waals surface area contributed by atoms with Crippen LogP contribution in [-0.4, -0.2) is 21.8 Å². The van der Waals surface area contributed by atoms with E-state index < -0.39 is 8.56 Å². The molecule has 0 atom stereocenters. The van der Waals surface area contributed by atoms with Crippen LogP contribution in [-0.2, 0) is 8.85 Å². The van der Waals surface area contributed by atoms with Crippen LogP contribution in [0.5, 0.6) is 0 Å². The van der Waals surface area contributed by atoms with E-state index in [1.807, 2.05) is 18.2 Å². The normalized spacial score (nSPS) is 11.5. The molecule has 2 rings (SSSR count). The molecule has 0 fully saturated rings. The fourth-order valence-corrected chi connectivity index (χ4v) is 6.60. The standard InChI is InChI=1S/C25H36O2Si/c1-3-5-7-8-9-10-17-23-27-28(26-22-6-4-2,24-18-13-11-14-19-24)25-20-15-12-16-21-25/h4,11-16,18-21H,2-3,5-10,17,22-23H2,1H3. The Morgan fingerprint density at radius 2 is 1.21 bits per heavy atom. The summed E-state index contributed by atoms with van der Waals surface area (Å²) in [5.41, 5.74) is 0. The smallest absolute Gasteiger partial charge is 0.388 e. The number of benzene rings is 2. The summed E-state index contributed by atoms with van der Waals surface area (Å²) >= 11 is 0. The maximum absolute atomic E-state index is 6.66. The van der Waals surface area contributed by atoms with Crippen molar-refractivity contribution >= 4 is 18.9 Å². The molecule has 0 heterocycles. The van der Waals surface area contributed by atoms with E-state index in [9.17, 15) is 0 Å². The molecule has 0 aliphatic heterocycles. The summed E-state index contributed by atoms with van der Waals surface area (Å²) < 4.78 is 13.2. The first-order valence-electron chi connectivity index (χ1n) is 10.8. The predicted octanol–water partition coefficient (Wildman–Crippen LogP) is 5.60. The van der Waals surface area contributed by atoms with Gasteiger partial charge in [0.15, 0.2) is 0 Å². The molecule has 0 radical (unpaired) electrons. The Kier molecular flexibility index (Phi) is 10.9. The Morgan fingerprint density at radius 3 is 1.75 bits per heavy atom. The Morgan fingerprint density at radius 1 is 0.714 bits per heavy atom. The summed E-state index contributed by atoms with van der Waals surface area (Å²) in [4.78, 5) is 0. The summed E-state index contributed by atoms with van der Waals surface area (Å²) in [7, 11) is -2.71. The fourth-order valence-electron chi connectivity index (χ4n) is 3.42. The highest BCUT2D eigenvalue weighted by molar-refractivity contribution is 6.92. The van der Waals surface area contributed by atoms with Gasteiger partial charge in [-0.05, 0) is 23.2 Å². The Bertz CT molecular complexity index is 603. The third-order valence-electron chi connectivity index (χ3n) is 4.99. The summed E-state index contributed by atoms with van der Waals surface area (Å²) in [6, 6.07) is 21.0. The van der Waals surface area contributed by atoms with Gasteiger partial charge in [-0.3, -0.25) is 0 Å². The summed E-state index contributed by atoms with van der Waals surface area (Å²) in [6.45, 7) is 7.48. The molecule has 0 spiro atoms. The van der Waals surface area contributed by atoms with Crippen molar-refractivity contribution in [2.24, 2.45) is 0 Å². The van der Waals surface area contributed by atoms with E-state index in [2.05, 4.69) is 62.0 Å². The van der Waals surface area contributed by atoms with Gasteiger partial charge >= 0.3 is 8.56 Å². The van der Waals surface area contributed by atoms with Crippen molar-refractivity contribution in [2.45, 2.75) is 58.3 Å². The SMILES string of the molecule is C=CCCO[Si](OCCCCCCCCC)(c1ccccc1)c1ccccc1. The lowest BCUT2D eigenvalue weighted by Crippen LogP contribution is -2.63. The third-order valence-corrected chi connectivity index (χ3v) is 8.40. The number of unbranched alkanes of at least 4 members (excludes halogenated alkanes) is 6. The zero-order valence-electron chi connectivity index (χ0n) is 17.4. The number of hydrogen-bond acceptors (Lipinski definition) is 2.